The van der Waals surface area contributed by atoms with E-state index in [1.54, 1.807) is 0 Å². The SMILES string of the molecule is CC(C)C[C@H](NC(=O)[C@H](Cc1ccccc1)NC(=O)c1cnccn1)B1OB([C@@H](CC(C)C)NC(=O)[C@H](Cc2ccccc2)NC(=O)c2cnccn2)OB([C@@H](CC(C)C)NC(=O)[C@H](Cc2ccccc2)NC(=O)c2cnccn2)O1. The normalized spacial score (nSPS) is 14.7. The van der Waals surface area contributed by atoms with Crippen molar-refractivity contribution in [1.82, 2.24) is 61.8 Å². The molecular formula is C57H69B3N12O9. The van der Waals surface area contributed by atoms with E-state index in [1.165, 1.54) is 55.8 Å². The van der Waals surface area contributed by atoms with Gasteiger partial charge in [0.15, 0.2) is 0 Å². The fraction of sp³-hybridized carbons (Fsp3) is 0.368. The lowest BCUT2D eigenvalue weighted by Crippen LogP contribution is -2.69. The number of carbonyl (C=O) groups is 6. The lowest BCUT2D eigenvalue weighted by atomic mass is 9.58. The Morgan fingerprint density at radius 2 is 0.642 bits per heavy atom. The number of amides is 6. The molecule has 1 aliphatic heterocycles. The van der Waals surface area contributed by atoms with Gasteiger partial charge in [0.1, 0.15) is 35.2 Å². The molecule has 1 fully saturated rings. The molecule has 0 unspecified atom stereocenters. The monoisotopic (exact) mass is 1100 g/mol. The third-order valence-corrected chi connectivity index (χ3v) is 13.1. The van der Waals surface area contributed by atoms with Crippen LogP contribution < -0.4 is 31.9 Å². The Hall–Kier alpha value is -8.21. The van der Waals surface area contributed by atoms with Gasteiger partial charge < -0.3 is 45.6 Å². The zero-order valence-electron chi connectivity index (χ0n) is 46.4. The summed E-state index contributed by atoms with van der Waals surface area (Å²) in [6.07, 6.45) is 13.6. The van der Waals surface area contributed by atoms with Crippen LogP contribution in [0.15, 0.2) is 147 Å². The molecule has 1 aliphatic rings. The van der Waals surface area contributed by atoms with Gasteiger partial charge in [-0.25, -0.2) is 15.0 Å². The van der Waals surface area contributed by atoms with E-state index in [0.29, 0.717) is 0 Å². The van der Waals surface area contributed by atoms with E-state index in [-0.39, 0.29) is 73.4 Å². The van der Waals surface area contributed by atoms with Gasteiger partial charge in [0.05, 0.1) is 36.4 Å². The third kappa shape index (κ3) is 19.0. The molecule has 0 spiro atoms. The molecule has 0 saturated carbocycles. The van der Waals surface area contributed by atoms with Gasteiger partial charge >= 0.3 is 21.4 Å². The van der Waals surface area contributed by atoms with Gasteiger partial charge in [-0.3, -0.25) is 43.7 Å². The first kappa shape index (κ1) is 60.4. The smallest absolute Gasteiger partial charge is 0.450 e. The molecule has 1 saturated heterocycles. The van der Waals surface area contributed by atoms with Crippen LogP contribution in [0, 0.1) is 17.8 Å². The Labute approximate surface area is 473 Å². The number of rotatable bonds is 27. The van der Waals surface area contributed by atoms with Crippen LogP contribution in [0.5, 0.6) is 0 Å². The van der Waals surface area contributed by atoms with Crippen molar-refractivity contribution in [3.05, 3.63) is 181 Å². The summed E-state index contributed by atoms with van der Waals surface area (Å²) in [6.45, 7) is 11.8. The number of hydrogen-bond acceptors (Lipinski definition) is 15. The summed E-state index contributed by atoms with van der Waals surface area (Å²) in [5, 5.41) is 18.0. The van der Waals surface area contributed by atoms with E-state index in [9.17, 15) is 28.8 Å². The van der Waals surface area contributed by atoms with Crippen molar-refractivity contribution in [2.24, 2.45) is 17.8 Å². The van der Waals surface area contributed by atoms with Gasteiger partial charge in [0.2, 0.25) is 17.7 Å². The highest BCUT2D eigenvalue weighted by Gasteiger charge is 2.52. The Morgan fingerprint density at radius 1 is 0.383 bits per heavy atom. The number of nitrogens with zero attached hydrogens (tertiary/aromatic N) is 6. The standard InChI is InChI=1S/C57H69B3N12O9/c1-37(2)28-49(70-52(73)43(31-40-16-10-7-11-17-40)67-55(76)46-34-61-22-25-64-46)58-79-59(50(29-38(3)4)71-53(74)44(32-41-18-12-8-13-19-41)68-56(77)47-35-62-23-26-65-47)81-60(80-58)51(30-39(5)6)72-54(75)45(33-42-20-14-9-15-21-42)69-57(78)48-36-63-24-27-66-48/h7-27,34-39,43-45,49-51H,28-33H2,1-6H3,(H,67,76)(H,68,77)(H,69,78)(H,70,73)(H,71,74)(H,72,75)/t43-,44-,45-,49-,50+,51+/m0/s1. The quantitative estimate of drug-likeness (QED) is 0.0394. The van der Waals surface area contributed by atoms with Crippen molar-refractivity contribution < 1.29 is 42.5 Å². The Balaban J connectivity index is 1.25. The van der Waals surface area contributed by atoms with Crippen LogP contribution in [0.2, 0.25) is 0 Å². The number of carbonyl (C=O) groups excluding carboxylic acids is 6. The Bertz CT molecular complexity index is 2630. The molecule has 0 bridgehead atoms. The fourth-order valence-corrected chi connectivity index (χ4v) is 9.27. The molecule has 6 amide bonds. The summed E-state index contributed by atoms with van der Waals surface area (Å²) in [6, 6.07) is 24.3. The van der Waals surface area contributed by atoms with E-state index in [0.717, 1.165) is 16.7 Å². The highest BCUT2D eigenvalue weighted by atomic mass is 16.7. The summed E-state index contributed by atoms with van der Waals surface area (Å²) >= 11 is 0. The van der Waals surface area contributed by atoms with Crippen molar-refractivity contribution in [3.63, 3.8) is 0 Å². The first-order chi connectivity index (χ1) is 39.1. The van der Waals surface area contributed by atoms with Gasteiger partial charge in [0.25, 0.3) is 17.7 Å². The minimum Gasteiger partial charge on any atom is -0.450 e. The number of aromatic nitrogens is 6. The molecule has 6 aromatic rings. The molecule has 4 heterocycles. The lowest BCUT2D eigenvalue weighted by molar-refractivity contribution is -0.124. The molecule has 6 atom stereocenters. The maximum Gasteiger partial charge on any atom is 0.453 e. The van der Waals surface area contributed by atoms with Gasteiger partial charge in [0, 0.05) is 56.4 Å². The summed E-state index contributed by atoms with van der Waals surface area (Å²) < 4.78 is 20.6. The second kappa shape index (κ2) is 30.4. The van der Waals surface area contributed by atoms with Crippen molar-refractivity contribution in [1.29, 1.82) is 0 Å². The topological polar surface area (TPSA) is 280 Å². The van der Waals surface area contributed by atoms with E-state index < -0.39 is 92.7 Å². The molecular weight excluding hydrogens is 1030 g/mol. The van der Waals surface area contributed by atoms with Crippen molar-refractivity contribution in [3.8, 4) is 0 Å². The number of benzene rings is 3. The van der Waals surface area contributed by atoms with Crippen LogP contribution in [0.4, 0.5) is 0 Å². The van der Waals surface area contributed by atoms with Gasteiger partial charge in [-0.1, -0.05) is 133 Å². The maximum atomic E-state index is 14.9. The highest BCUT2D eigenvalue weighted by Crippen LogP contribution is 2.25. The van der Waals surface area contributed by atoms with Crippen LogP contribution in [0.25, 0.3) is 0 Å². The molecule has 24 heteroatoms. The van der Waals surface area contributed by atoms with Crippen LogP contribution in [0.1, 0.15) is 109 Å². The van der Waals surface area contributed by atoms with Crippen LogP contribution in [0.3, 0.4) is 0 Å². The number of hydrogen-bond donors (Lipinski definition) is 6. The average molecular weight is 1100 g/mol. The predicted octanol–water partition coefficient (Wildman–Crippen LogP) is 4.22. The lowest BCUT2D eigenvalue weighted by Gasteiger charge is -2.41. The first-order valence-electron chi connectivity index (χ1n) is 27.3. The van der Waals surface area contributed by atoms with Crippen LogP contribution in [-0.4, -0.2) is 123 Å². The average Bonchev–Trinajstić information content (AvgIpc) is 3.50. The van der Waals surface area contributed by atoms with Crippen molar-refractivity contribution >= 4 is 56.8 Å². The molecule has 81 heavy (non-hydrogen) atoms. The molecule has 0 radical (unpaired) electrons. The van der Waals surface area contributed by atoms with Crippen molar-refractivity contribution in [2.75, 3.05) is 0 Å². The number of nitrogens with one attached hydrogen (secondary N) is 6. The van der Waals surface area contributed by atoms with Crippen molar-refractivity contribution in [2.45, 2.75) is 116 Å². The van der Waals surface area contributed by atoms with Crippen LogP contribution >= 0.6 is 0 Å². The summed E-state index contributed by atoms with van der Waals surface area (Å²) in [5.74, 6) is -6.54. The van der Waals surface area contributed by atoms with E-state index >= 15 is 0 Å². The zero-order valence-corrected chi connectivity index (χ0v) is 46.4. The minimum absolute atomic E-state index is 0.0129. The Kier molecular flexibility index (Phi) is 22.7. The second-order valence-electron chi connectivity index (χ2n) is 21.2. The molecule has 21 nitrogen and oxygen atoms in total. The zero-order chi connectivity index (χ0) is 57.7. The highest BCUT2D eigenvalue weighted by molar-refractivity contribution is 6.75. The summed E-state index contributed by atoms with van der Waals surface area (Å²) in [7, 11) is -3.92. The van der Waals surface area contributed by atoms with E-state index in [2.05, 4.69) is 61.8 Å². The van der Waals surface area contributed by atoms with E-state index in [4.69, 9.17) is 13.7 Å². The molecule has 3 aromatic heterocycles. The molecule has 420 valence electrons. The molecule has 7 rings (SSSR count). The van der Waals surface area contributed by atoms with Crippen LogP contribution in [-0.2, 0) is 47.4 Å². The minimum atomic E-state index is -1.31. The maximum absolute atomic E-state index is 14.9. The Morgan fingerprint density at radius 3 is 0.864 bits per heavy atom. The second-order valence-corrected chi connectivity index (χ2v) is 21.2. The predicted molar refractivity (Wildman–Crippen MR) is 305 cm³/mol. The first-order valence-corrected chi connectivity index (χ1v) is 27.3. The van der Waals surface area contributed by atoms with Gasteiger partial charge in [-0.15, -0.1) is 0 Å². The third-order valence-electron chi connectivity index (χ3n) is 13.1. The summed E-state index contributed by atoms with van der Waals surface area (Å²) in [5.41, 5.74) is 2.35. The van der Waals surface area contributed by atoms with Gasteiger partial charge in [-0.05, 0) is 53.7 Å². The fourth-order valence-electron chi connectivity index (χ4n) is 9.27. The molecule has 3 aromatic carbocycles. The largest absolute Gasteiger partial charge is 0.453 e. The van der Waals surface area contributed by atoms with E-state index in [1.807, 2.05) is 133 Å². The van der Waals surface area contributed by atoms with Gasteiger partial charge in [-0.2, -0.15) is 0 Å². The molecule has 0 aliphatic carbocycles. The molecule has 6 N–H and O–H groups in total. The summed E-state index contributed by atoms with van der Waals surface area (Å²) in [4.78, 5) is 110.